The van der Waals surface area contributed by atoms with E-state index in [1.165, 1.54) is 6.42 Å². The Morgan fingerprint density at radius 1 is 1.08 bits per heavy atom. The predicted octanol–water partition coefficient (Wildman–Crippen LogP) is 4.57. The van der Waals surface area contributed by atoms with Crippen LogP contribution in [0.5, 0.6) is 0 Å². The Hall–Kier alpha value is -3.19. The minimum absolute atomic E-state index is 0.0279. The zero-order valence-electron chi connectivity index (χ0n) is 21.3. The molecule has 7 heteroatoms. The molecular formula is C29H37N5O2. The summed E-state index contributed by atoms with van der Waals surface area (Å²) in [6.45, 7) is 2.54. The monoisotopic (exact) mass is 487 g/mol. The van der Waals surface area contributed by atoms with E-state index in [0.29, 0.717) is 6.54 Å². The van der Waals surface area contributed by atoms with Crippen LogP contribution in [0, 0.1) is 5.92 Å². The van der Waals surface area contributed by atoms with Gasteiger partial charge in [-0.2, -0.15) is 0 Å². The Bertz CT molecular complexity index is 1220. The summed E-state index contributed by atoms with van der Waals surface area (Å²) >= 11 is 0. The molecule has 2 aromatic heterocycles. The molecule has 1 saturated carbocycles. The van der Waals surface area contributed by atoms with E-state index in [-0.39, 0.29) is 29.8 Å². The standard InChI is InChI=1S/C29H37N5O2/c1-19(30-2)28(35)33-27(20-9-4-3-5-10-20)29(36)34-14-8-13-26(34)22-15-21(16-31-17-22)24-18-32-25-12-7-6-11-23(24)25/h6-7,11-12,15-20,26-27,30,32H,3-5,8-10,13-14H2,1-2H3,(H,33,35)/t19?,26?,27-/m0/s1. The van der Waals surface area contributed by atoms with Crippen LogP contribution in [0.25, 0.3) is 22.0 Å². The van der Waals surface area contributed by atoms with Gasteiger partial charge in [-0.1, -0.05) is 37.5 Å². The van der Waals surface area contributed by atoms with Crippen molar-refractivity contribution in [2.24, 2.45) is 5.92 Å². The van der Waals surface area contributed by atoms with Crippen molar-refractivity contribution in [3.05, 3.63) is 54.5 Å². The summed E-state index contributed by atoms with van der Waals surface area (Å²) in [4.78, 5) is 36.8. The minimum Gasteiger partial charge on any atom is -0.361 e. The van der Waals surface area contributed by atoms with Crippen LogP contribution >= 0.6 is 0 Å². The van der Waals surface area contributed by atoms with Gasteiger partial charge in [0.1, 0.15) is 6.04 Å². The number of para-hydroxylation sites is 1. The van der Waals surface area contributed by atoms with Crippen molar-refractivity contribution < 1.29 is 9.59 Å². The van der Waals surface area contributed by atoms with Gasteiger partial charge in [0.2, 0.25) is 11.8 Å². The third-order valence-corrected chi connectivity index (χ3v) is 8.09. The average Bonchev–Trinajstić information content (AvgIpc) is 3.59. The number of H-pyrrole nitrogens is 1. The summed E-state index contributed by atoms with van der Waals surface area (Å²) in [6, 6.07) is 9.59. The Kier molecular flexibility index (Phi) is 7.37. The Morgan fingerprint density at radius 3 is 2.69 bits per heavy atom. The van der Waals surface area contributed by atoms with Gasteiger partial charge in [0.05, 0.1) is 12.1 Å². The molecule has 5 rings (SSSR count). The number of hydrogen-bond donors (Lipinski definition) is 3. The molecule has 2 amide bonds. The van der Waals surface area contributed by atoms with Crippen LogP contribution < -0.4 is 10.6 Å². The second-order valence-electron chi connectivity index (χ2n) is 10.3. The number of fused-ring (bicyclic) bond motifs is 1. The number of likely N-dealkylation sites (N-methyl/N-ethyl adjacent to an activating group) is 1. The lowest BCUT2D eigenvalue weighted by Gasteiger charge is -2.35. The lowest BCUT2D eigenvalue weighted by Crippen LogP contribution is -2.55. The number of aromatic amines is 1. The molecule has 3 atom stereocenters. The number of benzene rings is 1. The van der Waals surface area contributed by atoms with Crippen LogP contribution in [0.2, 0.25) is 0 Å². The van der Waals surface area contributed by atoms with Crippen molar-refractivity contribution in [1.29, 1.82) is 0 Å². The molecule has 1 aliphatic carbocycles. The first-order valence-electron chi connectivity index (χ1n) is 13.4. The number of nitrogens with one attached hydrogen (secondary N) is 3. The smallest absolute Gasteiger partial charge is 0.245 e. The molecule has 7 nitrogen and oxygen atoms in total. The van der Waals surface area contributed by atoms with E-state index in [9.17, 15) is 9.59 Å². The van der Waals surface area contributed by atoms with Gasteiger partial charge < -0.3 is 20.5 Å². The normalized spacial score (nSPS) is 20.4. The van der Waals surface area contributed by atoms with Crippen molar-refractivity contribution in [2.75, 3.05) is 13.6 Å². The molecule has 2 fully saturated rings. The number of carbonyl (C=O) groups excluding carboxylic acids is 2. The van der Waals surface area contributed by atoms with E-state index in [1.807, 2.05) is 42.5 Å². The number of rotatable bonds is 7. The summed E-state index contributed by atoms with van der Waals surface area (Å²) in [5.74, 6) is 0.134. The molecule has 0 bridgehead atoms. The van der Waals surface area contributed by atoms with Crippen molar-refractivity contribution in [1.82, 2.24) is 25.5 Å². The third-order valence-electron chi connectivity index (χ3n) is 8.09. The van der Waals surface area contributed by atoms with Gasteiger partial charge >= 0.3 is 0 Å². The molecule has 2 unspecified atom stereocenters. The highest BCUT2D eigenvalue weighted by atomic mass is 16.2. The average molecular weight is 488 g/mol. The fourth-order valence-corrected chi connectivity index (χ4v) is 5.91. The van der Waals surface area contributed by atoms with Crippen molar-refractivity contribution in [3.63, 3.8) is 0 Å². The quantitative estimate of drug-likeness (QED) is 0.456. The van der Waals surface area contributed by atoms with Gasteiger partial charge in [-0.15, -0.1) is 0 Å². The van der Waals surface area contributed by atoms with Crippen molar-refractivity contribution in [2.45, 2.75) is 70.0 Å². The number of aromatic nitrogens is 2. The SMILES string of the molecule is CNC(C)C(=O)N[C@H](C(=O)N1CCCC1c1cncc(-c2c[nH]c3ccccc23)c1)C1CCCCC1. The minimum atomic E-state index is -0.473. The van der Waals surface area contributed by atoms with Gasteiger partial charge in [0.25, 0.3) is 0 Å². The largest absolute Gasteiger partial charge is 0.361 e. The second-order valence-corrected chi connectivity index (χ2v) is 10.3. The first-order chi connectivity index (χ1) is 17.6. The summed E-state index contributed by atoms with van der Waals surface area (Å²) in [7, 11) is 1.77. The Labute approximate surface area is 213 Å². The topological polar surface area (TPSA) is 90.1 Å². The Morgan fingerprint density at radius 2 is 1.89 bits per heavy atom. The molecule has 0 radical (unpaired) electrons. The molecule has 1 aromatic carbocycles. The van der Waals surface area contributed by atoms with Crippen LogP contribution in [-0.2, 0) is 9.59 Å². The van der Waals surface area contributed by atoms with Gasteiger partial charge in [0.15, 0.2) is 0 Å². The molecule has 1 aliphatic heterocycles. The maximum atomic E-state index is 14.0. The lowest BCUT2D eigenvalue weighted by atomic mass is 9.83. The van der Waals surface area contributed by atoms with Crippen LogP contribution in [0.1, 0.15) is 63.5 Å². The molecule has 2 aliphatic rings. The first-order valence-corrected chi connectivity index (χ1v) is 13.4. The molecule has 0 spiro atoms. The highest BCUT2D eigenvalue weighted by molar-refractivity contribution is 5.95. The number of nitrogens with zero attached hydrogens (tertiary/aromatic N) is 2. The predicted molar refractivity (Wildman–Crippen MR) is 142 cm³/mol. The number of amides is 2. The molecule has 3 aromatic rings. The first kappa shape index (κ1) is 24.5. The number of pyridine rings is 1. The fourth-order valence-electron chi connectivity index (χ4n) is 5.91. The number of likely N-dealkylation sites (tertiary alicyclic amines) is 1. The van der Waals surface area contributed by atoms with Crippen LogP contribution in [0.15, 0.2) is 48.9 Å². The van der Waals surface area contributed by atoms with E-state index in [0.717, 1.165) is 66.1 Å². The van der Waals surface area contributed by atoms with Gasteiger partial charge in [0, 0.05) is 47.2 Å². The van der Waals surface area contributed by atoms with Crippen LogP contribution in [-0.4, -0.2) is 52.4 Å². The van der Waals surface area contributed by atoms with Crippen molar-refractivity contribution in [3.8, 4) is 11.1 Å². The van der Waals surface area contributed by atoms with E-state index < -0.39 is 6.04 Å². The summed E-state index contributed by atoms with van der Waals surface area (Å²) in [5.41, 5.74) is 4.31. The summed E-state index contributed by atoms with van der Waals surface area (Å²) < 4.78 is 0. The van der Waals surface area contributed by atoms with E-state index >= 15 is 0 Å². The zero-order valence-corrected chi connectivity index (χ0v) is 21.3. The van der Waals surface area contributed by atoms with Crippen LogP contribution in [0.3, 0.4) is 0 Å². The maximum Gasteiger partial charge on any atom is 0.245 e. The molecule has 190 valence electrons. The van der Waals surface area contributed by atoms with Gasteiger partial charge in [-0.25, -0.2) is 0 Å². The molecule has 1 saturated heterocycles. The van der Waals surface area contributed by atoms with E-state index in [2.05, 4.69) is 38.8 Å². The molecule has 36 heavy (non-hydrogen) atoms. The zero-order chi connectivity index (χ0) is 25.1. The fraction of sp³-hybridized carbons (Fsp3) is 0.483. The Balaban J connectivity index is 1.41. The maximum absolute atomic E-state index is 14.0. The van der Waals surface area contributed by atoms with Gasteiger partial charge in [-0.3, -0.25) is 14.6 Å². The van der Waals surface area contributed by atoms with E-state index in [4.69, 9.17) is 0 Å². The highest BCUT2D eigenvalue weighted by Gasteiger charge is 2.39. The lowest BCUT2D eigenvalue weighted by molar-refractivity contribution is -0.139. The third kappa shape index (κ3) is 4.89. The number of hydrogen-bond acceptors (Lipinski definition) is 4. The summed E-state index contributed by atoms with van der Waals surface area (Å²) in [5, 5.41) is 7.29. The second kappa shape index (κ2) is 10.8. The highest BCUT2D eigenvalue weighted by Crippen LogP contribution is 2.37. The van der Waals surface area contributed by atoms with Gasteiger partial charge in [-0.05, 0) is 63.3 Å². The van der Waals surface area contributed by atoms with Crippen molar-refractivity contribution >= 4 is 22.7 Å². The van der Waals surface area contributed by atoms with E-state index in [1.54, 1.807) is 7.05 Å². The molecule has 3 N–H and O–H groups in total. The summed E-state index contributed by atoms with van der Waals surface area (Å²) in [6.07, 6.45) is 13.1. The van der Waals surface area contributed by atoms with Crippen LogP contribution in [0.4, 0.5) is 0 Å². The molecular weight excluding hydrogens is 450 g/mol. The molecule has 3 heterocycles. The number of carbonyl (C=O) groups is 2.